The Morgan fingerprint density at radius 2 is 2.30 bits per heavy atom. The predicted octanol–water partition coefficient (Wildman–Crippen LogP) is 2.88. The van der Waals surface area contributed by atoms with Crippen molar-refractivity contribution in [2.45, 2.75) is 16.8 Å². The molecule has 1 aromatic carbocycles. The molecule has 1 aliphatic rings. The van der Waals surface area contributed by atoms with Crippen molar-refractivity contribution in [2.24, 2.45) is 0 Å². The van der Waals surface area contributed by atoms with Gasteiger partial charge in [-0.05, 0) is 18.2 Å². The van der Waals surface area contributed by atoms with Gasteiger partial charge in [0, 0.05) is 49.0 Å². The van der Waals surface area contributed by atoms with Crippen molar-refractivity contribution >= 4 is 23.5 Å². The quantitative estimate of drug-likeness (QED) is 0.532. The van der Waals surface area contributed by atoms with Gasteiger partial charge in [0.15, 0.2) is 5.82 Å². The summed E-state index contributed by atoms with van der Waals surface area (Å²) < 4.78 is 23.7. The molecule has 0 aliphatic carbocycles. The number of carbonyl (C=O) groups excluding carboxylic acids is 1. The average molecular weight is 550 g/mol. The van der Waals surface area contributed by atoms with Crippen LogP contribution in [0.15, 0.2) is 34.0 Å². The van der Waals surface area contributed by atoms with E-state index in [0.717, 1.165) is 0 Å². The number of thioether (sulfide) groups is 1. The number of halogens is 1. The van der Waals surface area contributed by atoms with Crippen LogP contribution in [-0.2, 0) is 10.5 Å². The van der Waals surface area contributed by atoms with Gasteiger partial charge >= 0.3 is 6.09 Å². The van der Waals surface area contributed by atoms with Crippen LogP contribution in [0.1, 0.15) is 5.82 Å². The second-order valence-electron chi connectivity index (χ2n) is 4.57. The zero-order valence-electron chi connectivity index (χ0n) is 11.9. The van der Waals surface area contributed by atoms with Gasteiger partial charge in [-0.2, -0.15) is 4.98 Å². The number of benzene rings is 1. The van der Waals surface area contributed by atoms with Crippen molar-refractivity contribution < 1.29 is 62.5 Å². The van der Waals surface area contributed by atoms with E-state index in [1.54, 1.807) is 12.1 Å². The fourth-order valence-corrected chi connectivity index (χ4v) is 2.78. The zero-order chi connectivity index (χ0) is 15.5. The van der Waals surface area contributed by atoms with Crippen LogP contribution >= 0.6 is 11.8 Å². The van der Waals surface area contributed by atoms with Crippen molar-refractivity contribution in [3.63, 3.8) is 0 Å². The maximum absolute atomic E-state index is 14.1. The summed E-state index contributed by atoms with van der Waals surface area (Å²) in [5.41, 5.74) is 7.66. The Kier molecular flexibility index (Phi) is 6.83. The standard InChI is InChI=1S/C13H12FN4O3S.Ac/c14-10-3-8(18-5-9(4-15)21-13(18)19)1-2-11(10)22-6-12-16-7-20-17-12;/h1-3,7,9,15H,4-6H2;/q-1;/t9-;/m0./s1. The van der Waals surface area contributed by atoms with Crippen molar-refractivity contribution in [3.05, 3.63) is 42.0 Å². The minimum Gasteiger partial charge on any atom is -0.674 e. The third-order valence-electron chi connectivity index (χ3n) is 3.09. The summed E-state index contributed by atoms with van der Waals surface area (Å²) in [6, 6.07) is 4.53. The van der Waals surface area contributed by atoms with E-state index in [9.17, 15) is 9.18 Å². The third-order valence-corrected chi connectivity index (χ3v) is 4.14. The Balaban J connectivity index is 0.00000192. The predicted molar refractivity (Wildman–Crippen MR) is 77.1 cm³/mol. The molecule has 1 aliphatic heterocycles. The molecule has 119 valence electrons. The van der Waals surface area contributed by atoms with E-state index in [1.165, 1.54) is 29.1 Å². The maximum Gasteiger partial charge on any atom is 0.414 e. The van der Waals surface area contributed by atoms with Gasteiger partial charge in [-0.1, -0.05) is 5.16 Å². The molecular formula is C13H12AcFN4O3S-. The van der Waals surface area contributed by atoms with Crippen LogP contribution < -0.4 is 4.90 Å². The molecule has 1 atom stereocenters. The molecule has 1 aromatic heterocycles. The number of hydrogen-bond acceptors (Lipinski definition) is 6. The van der Waals surface area contributed by atoms with Gasteiger partial charge in [0.2, 0.25) is 6.39 Å². The summed E-state index contributed by atoms with van der Waals surface area (Å²) in [7, 11) is 0. The number of anilines is 1. The first-order valence-electron chi connectivity index (χ1n) is 6.47. The van der Waals surface area contributed by atoms with E-state index in [-0.39, 0.29) is 57.2 Å². The van der Waals surface area contributed by atoms with E-state index in [1.807, 2.05) is 0 Å². The minimum absolute atomic E-state index is 0. The van der Waals surface area contributed by atoms with E-state index >= 15 is 0 Å². The summed E-state index contributed by atoms with van der Waals surface area (Å²) in [5, 5.41) is 3.65. The Morgan fingerprint density at radius 3 is 2.91 bits per heavy atom. The molecule has 1 saturated heterocycles. The van der Waals surface area contributed by atoms with Gasteiger partial charge in [-0.25, -0.2) is 9.18 Å². The monoisotopic (exact) mass is 550 g/mol. The van der Waals surface area contributed by atoms with E-state index < -0.39 is 18.0 Å². The molecule has 1 amide bonds. The maximum atomic E-state index is 14.1. The van der Waals surface area contributed by atoms with Crippen molar-refractivity contribution in [2.75, 3.05) is 18.0 Å². The first-order chi connectivity index (χ1) is 10.7. The Hall–Kier alpha value is -0.688. The number of nitrogens with one attached hydrogen (secondary N) is 1. The zero-order valence-corrected chi connectivity index (χ0v) is 17.5. The van der Waals surface area contributed by atoms with Gasteiger partial charge < -0.3 is 15.0 Å². The van der Waals surface area contributed by atoms with Gasteiger partial charge in [0.1, 0.15) is 11.9 Å². The fourth-order valence-electron chi connectivity index (χ4n) is 2.01. The summed E-state index contributed by atoms with van der Waals surface area (Å²) in [6.07, 6.45) is 0.198. The van der Waals surface area contributed by atoms with Gasteiger partial charge in [-0.15, -0.1) is 18.3 Å². The Bertz CT molecular complexity index is 673. The van der Waals surface area contributed by atoms with E-state index in [4.69, 9.17) is 10.5 Å². The number of rotatable bonds is 5. The molecule has 1 N–H and O–H groups in total. The first kappa shape index (κ1) is 18.6. The number of nitrogens with zero attached hydrogens (tertiary/aromatic N) is 3. The summed E-state index contributed by atoms with van der Waals surface area (Å²) in [5.74, 6) is 0.433. The second kappa shape index (κ2) is 8.42. The van der Waals surface area contributed by atoms with Crippen LogP contribution in [0.25, 0.3) is 5.73 Å². The molecule has 2 heterocycles. The average Bonchev–Trinajstić information content (AvgIpc) is 3.15. The normalized spacial score (nSPS) is 17.0. The smallest absolute Gasteiger partial charge is 0.414 e. The molecule has 7 nitrogen and oxygen atoms in total. The van der Waals surface area contributed by atoms with Crippen LogP contribution in [0.2, 0.25) is 0 Å². The van der Waals surface area contributed by atoms with Crippen LogP contribution in [0.3, 0.4) is 0 Å². The number of ether oxygens (including phenoxy) is 1. The first-order valence-corrected chi connectivity index (χ1v) is 7.46. The van der Waals surface area contributed by atoms with Gasteiger partial charge in [-0.3, -0.25) is 4.90 Å². The summed E-state index contributed by atoms with van der Waals surface area (Å²) >= 11 is 1.24. The van der Waals surface area contributed by atoms with Crippen LogP contribution in [0.5, 0.6) is 0 Å². The van der Waals surface area contributed by atoms with E-state index in [0.29, 0.717) is 22.2 Å². The minimum atomic E-state index is -0.552. The fraction of sp³-hybridized carbons (Fsp3) is 0.308. The van der Waals surface area contributed by atoms with Crippen LogP contribution in [0, 0.1) is 49.9 Å². The number of carbonyl (C=O) groups is 1. The van der Waals surface area contributed by atoms with Crippen LogP contribution in [0.4, 0.5) is 14.9 Å². The van der Waals surface area contributed by atoms with Crippen molar-refractivity contribution in [1.29, 1.82) is 0 Å². The molecule has 2 aromatic rings. The third kappa shape index (κ3) is 4.44. The number of amides is 1. The molecule has 10 heteroatoms. The molecular weight excluding hydrogens is 538 g/mol. The molecule has 0 unspecified atom stereocenters. The molecule has 0 saturated carbocycles. The summed E-state index contributed by atoms with van der Waals surface area (Å²) in [6.45, 7) is 0.250. The van der Waals surface area contributed by atoms with Crippen molar-refractivity contribution in [3.8, 4) is 0 Å². The van der Waals surface area contributed by atoms with Gasteiger partial charge in [0.25, 0.3) is 0 Å². The largest absolute Gasteiger partial charge is 0.674 e. The van der Waals surface area contributed by atoms with Crippen LogP contribution in [-0.4, -0.2) is 35.4 Å². The molecule has 3 rings (SSSR count). The van der Waals surface area contributed by atoms with E-state index in [2.05, 4.69) is 14.7 Å². The molecule has 0 spiro atoms. The second-order valence-corrected chi connectivity index (χ2v) is 5.59. The number of cyclic esters (lactones) is 1. The Labute approximate surface area is 171 Å². The number of hydrogen-bond donors (Lipinski definition) is 0. The number of aromatic nitrogens is 2. The Morgan fingerprint density at radius 1 is 1.48 bits per heavy atom. The molecule has 0 bridgehead atoms. The summed E-state index contributed by atoms with van der Waals surface area (Å²) in [4.78, 5) is 17.3. The molecule has 1 radical (unpaired) electrons. The molecule has 1 fully saturated rings. The topological polar surface area (TPSA) is 92.3 Å². The molecule has 23 heavy (non-hydrogen) atoms. The van der Waals surface area contributed by atoms with Gasteiger partial charge in [0.05, 0.1) is 18.0 Å². The SMILES string of the molecule is [Ac].[NH-]C[C@H]1CN(c2ccc(SCc3ncon3)c(F)c2)C(=O)O1. The van der Waals surface area contributed by atoms with Crippen molar-refractivity contribution in [1.82, 2.24) is 10.1 Å².